The minimum Gasteiger partial charge on any atom is -0.491 e. The van der Waals surface area contributed by atoms with E-state index in [9.17, 15) is 4.79 Å². The Kier molecular flexibility index (Phi) is 7.29. The molecule has 2 rings (SSSR count). The van der Waals surface area contributed by atoms with Crippen molar-refractivity contribution in [2.24, 2.45) is 0 Å². The first-order valence-electron chi connectivity index (χ1n) is 8.39. The number of amides is 1. The average Bonchev–Trinajstić information content (AvgIpc) is 2.61. The van der Waals surface area contributed by atoms with Crippen LogP contribution < -0.4 is 14.8 Å². The van der Waals surface area contributed by atoms with Crippen molar-refractivity contribution in [1.82, 2.24) is 0 Å². The number of benzene rings is 2. The third-order valence-corrected chi connectivity index (χ3v) is 3.75. The van der Waals surface area contributed by atoms with Crippen LogP contribution in [0.4, 0.5) is 5.69 Å². The minimum absolute atomic E-state index is 0.0309. The highest BCUT2D eigenvalue weighted by atomic mass is 16.5. The van der Waals surface area contributed by atoms with Crippen LogP contribution in [0, 0.1) is 13.8 Å². The number of rotatable bonds is 9. The number of anilines is 1. The molecule has 0 unspecified atom stereocenters. The number of carbonyl (C=O) groups excluding carboxylic acids is 1. The Bertz CT molecular complexity index is 683. The predicted octanol–water partition coefficient (Wildman–Crippen LogP) is 3.74. The normalized spacial score (nSPS) is 10.4. The van der Waals surface area contributed by atoms with E-state index in [1.807, 2.05) is 51.1 Å². The Balaban J connectivity index is 1.79. The van der Waals surface area contributed by atoms with E-state index in [2.05, 4.69) is 5.32 Å². The Hall–Kier alpha value is -2.53. The maximum Gasteiger partial charge on any atom is 0.262 e. The van der Waals surface area contributed by atoms with Gasteiger partial charge in [-0.2, -0.15) is 0 Å². The standard InChI is InChI=1S/C20H25NO4/c1-4-23-12-13-24-18-10-8-17(9-11-18)21-20(22)14-25-19-7-5-6-15(2)16(19)3/h5-11H,4,12-14H2,1-3H3,(H,21,22). The Morgan fingerprint density at radius 3 is 2.48 bits per heavy atom. The van der Waals surface area contributed by atoms with Gasteiger partial charge in [-0.25, -0.2) is 0 Å². The van der Waals surface area contributed by atoms with Crippen molar-refractivity contribution in [3.63, 3.8) is 0 Å². The lowest BCUT2D eigenvalue weighted by Crippen LogP contribution is -2.20. The van der Waals surface area contributed by atoms with Crippen LogP contribution in [0.15, 0.2) is 42.5 Å². The predicted molar refractivity (Wildman–Crippen MR) is 98.5 cm³/mol. The SMILES string of the molecule is CCOCCOc1ccc(NC(=O)COc2cccc(C)c2C)cc1. The van der Waals surface area contributed by atoms with E-state index in [4.69, 9.17) is 14.2 Å². The van der Waals surface area contributed by atoms with E-state index in [1.165, 1.54) is 0 Å². The van der Waals surface area contributed by atoms with Gasteiger partial charge in [0.2, 0.25) is 0 Å². The molecule has 5 nitrogen and oxygen atoms in total. The second-order valence-corrected chi connectivity index (χ2v) is 5.60. The van der Waals surface area contributed by atoms with Crippen molar-refractivity contribution in [3.05, 3.63) is 53.6 Å². The van der Waals surface area contributed by atoms with Crippen LogP contribution in [0.2, 0.25) is 0 Å². The second-order valence-electron chi connectivity index (χ2n) is 5.60. The first-order valence-corrected chi connectivity index (χ1v) is 8.39. The molecule has 2 aromatic carbocycles. The van der Waals surface area contributed by atoms with Crippen molar-refractivity contribution in [2.75, 3.05) is 31.7 Å². The zero-order valence-electron chi connectivity index (χ0n) is 15.0. The summed E-state index contributed by atoms with van der Waals surface area (Å²) in [7, 11) is 0. The number of carbonyl (C=O) groups is 1. The van der Waals surface area contributed by atoms with Gasteiger partial charge in [-0.3, -0.25) is 4.79 Å². The van der Waals surface area contributed by atoms with Gasteiger partial charge < -0.3 is 19.5 Å². The van der Waals surface area contributed by atoms with Crippen LogP contribution in [-0.4, -0.2) is 32.3 Å². The summed E-state index contributed by atoms with van der Waals surface area (Å²) in [6.07, 6.45) is 0. The molecule has 5 heteroatoms. The molecule has 0 spiro atoms. The monoisotopic (exact) mass is 343 g/mol. The summed E-state index contributed by atoms with van der Waals surface area (Å²) in [5.41, 5.74) is 2.88. The molecule has 0 saturated carbocycles. The zero-order valence-corrected chi connectivity index (χ0v) is 15.0. The van der Waals surface area contributed by atoms with Crippen LogP contribution in [-0.2, 0) is 9.53 Å². The third-order valence-electron chi connectivity index (χ3n) is 3.75. The lowest BCUT2D eigenvalue weighted by molar-refractivity contribution is -0.118. The van der Waals surface area contributed by atoms with Gasteiger partial charge in [0, 0.05) is 12.3 Å². The van der Waals surface area contributed by atoms with Crippen molar-refractivity contribution >= 4 is 11.6 Å². The average molecular weight is 343 g/mol. The molecule has 1 N–H and O–H groups in total. The van der Waals surface area contributed by atoms with Crippen LogP contribution >= 0.6 is 0 Å². The molecule has 134 valence electrons. The molecule has 0 atom stereocenters. The highest BCUT2D eigenvalue weighted by molar-refractivity contribution is 5.91. The van der Waals surface area contributed by atoms with Crippen LogP contribution in [0.5, 0.6) is 11.5 Å². The van der Waals surface area contributed by atoms with Gasteiger partial charge in [0.15, 0.2) is 6.61 Å². The van der Waals surface area contributed by atoms with Gasteiger partial charge in [-0.15, -0.1) is 0 Å². The molecule has 0 radical (unpaired) electrons. The van der Waals surface area contributed by atoms with E-state index in [0.717, 1.165) is 22.6 Å². The number of aryl methyl sites for hydroxylation is 1. The molecule has 25 heavy (non-hydrogen) atoms. The van der Waals surface area contributed by atoms with Crippen molar-refractivity contribution in [3.8, 4) is 11.5 Å². The van der Waals surface area contributed by atoms with Gasteiger partial charge in [-0.1, -0.05) is 12.1 Å². The summed E-state index contributed by atoms with van der Waals surface area (Å²) in [6, 6.07) is 13.0. The van der Waals surface area contributed by atoms with Gasteiger partial charge in [-0.05, 0) is 62.2 Å². The lowest BCUT2D eigenvalue weighted by Gasteiger charge is -2.11. The molecule has 0 aliphatic heterocycles. The molecule has 0 bridgehead atoms. The van der Waals surface area contributed by atoms with E-state index < -0.39 is 0 Å². The van der Waals surface area contributed by atoms with E-state index in [0.29, 0.717) is 25.5 Å². The third kappa shape index (κ3) is 6.12. The van der Waals surface area contributed by atoms with Crippen molar-refractivity contribution in [1.29, 1.82) is 0 Å². The summed E-state index contributed by atoms with van der Waals surface area (Å²) in [5, 5.41) is 2.81. The van der Waals surface area contributed by atoms with E-state index in [1.54, 1.807) is 12.1 Å². The number of hydrogen-bond donors (Lipinski definition) is 1. The van der Waals surface area contributed by atoms with Crippen molar-refractivity contribution in [2.45, 2.75) is 20.8 Å². The summed E-state index contributed by atoms with van der Waals surface area (Å²) < 4.78 is 16.4. The maximum atomic E-state index is 12.0. The fraction of sp³-hybridized carbons (Fsp3) is 0.350. The molecular weight excluding hydrogens is 318 g/mol. The summed E-state index contributed by atoms with van der Waals surface area (Å²) in [5.74, 6) is 1.27. The smallest absolute Gasteiger partial charge is 0.262 e. The lowest BCUT2D eigenvalue weighted by atomic mass is 10.1. The molecule has 0 aliphatic rings. The fourth-order valence-corrected chi connectivity index (χ4v) is 2.22. The molecular formula is C20H25NO4. The van der Waals surface area contributed by atoms with E-state index in [-0.39, 0.29) is 12.5 Å². The molecule has 0 aromatic heterocycles. The molecule has 1 amide bonds. The highest BCUT2D eigenvalue weighted by Gasteiger charge is 2.07. The Labute approximate surface area is 148 Å². The fourth-order valence-electron chi connectivity index (χ4n) is 2.22. The quantitative estimate of drug-likeness (QED) is 0.705. The number of ether oxygens (including phenoxy) is 3. The molecule has 2 aromatic rings. The number of nitrogens with one attached hydrogen (secondary N) is 1. The molecule has 0 fully saturated rings. The summed E-state index contributed by atoms with van der Waals surface area (Å²) in [4.78, 5) is 12.0. The molecule has 0 heterocycles. The van der Waals surface area contributed by atoms with Gasteiger partial charge in [0.25, 0.3) is 5.91 Å². The minimum atomic E-state index is -0.203. The summed E-state index contributed by atoms with van der Waals surface area (Å²) >= 11 is 0. The topological polar surface area (TPSA) is 56.8 Å². The van der Waals surface area contributed by atoms with Gasteiger partial charge in [0.05, 0.1) is 6.61 Å². The van der Waals surface area contributed by atoms with Crippen LogP contribution in [0.1, 0.15) is 18.1 Å². The maximum absolute atomic E-state index is 12.0. The molecule has 0 aliphatic carbocycles. The van der Waals surface area contributed by atoms with Gasteiger partial charge in [0.1, 0.15) is 18.1 Å². The zero-order chi connectivity index (χ0) is 18.1. The molecule has 0 saturated heterocycles. The Morgan fingerprint density at radius 2 is 1.76 bits per heavy atom. The van der Waals surface area contributed by atoms with Crippen LogP contribution in [0.3, 0.4) is 0 Å². The summed E-state index contributed by atoms with van der Waals surface area (Å²) in [6.45, 7) is 7.65. The van der Waals surface area contributed by atoms with E-state index >= 15 is 0 Å². The first kappa shape index (κ1) is 18.8. The van der Waals surface area contributed by atoms with Gasteiger partial charge >= 0.3 is 0 Å². The largest absolute Gasteiger partial charge is 0.491 e. The second kappa shape index (κ2) is 9.69. The number of hydrogen-bond acceptors (Lipinski definition) is 4. The Morgan fingerprint density at radius 1 is 1.00 bits per heavy atom. The van der Waals surface area contributed by atoms with Crippen LogP contribution in [0.25, 0.3) is 0 Å². The highest BCUT2D eigenvalue weighted by Crippen LogP contribution is 2.20. The van der Waals surface area contributed by atoms with Crippen molar-refractivity contribution < 1.29 is 19.0 Å². The first-order chi connectivity index (χ1) is 12.1.